The number of hydrogen-bond acceptors (Lipinski definition) is 11. The molecular formula is C31H40O11. The zero-order valence-corrected chi connectivity index (χ0v) is 25.2. The first-order valence-corrected chi connectivity index (χ1v) is 14.2. The molecule has 2 bridgehead atoms. The van der Waals surface area contributed by atoms with Gasteiger partial charge in [0.25, 0.3) is 0 Å². The van der Waals surface area contributed by atoms with Crippen molar-refractivity contribution >= 4 is 23.9 Å². The number of fused-ring (bicyclic) bond motifs is 3. The van der Waals surface area contributed by atoms with Crippen LogP contribution in [0, 0.1) is 22.2 Å². The molecule has 2 aliphatic heterocycles. The van der Waals surface area contributed by atoms with Crippen LogP contribution in [0.5, 0.6) is 0 Å². The standard InChI is InChI=1S/C31H40O11/c1-16-30-14-25(35)41-26(19-9-10-38-15-19)28(30,6)13-23(40-18(3)33)31(16,36)29(7)20(11-24(34)37-8)27(4,5)21(39-17(2)32)12-22(29)42-30/h9-10,15,20-23,26,36H,1,11-14H2,2-8H3/t20-,21+,22-,23-,26-,28-,29+,30-,31-/m0/s1. The highest BCUT2D eigenvalue weighted by Crippen LogP contribution is 2.73. The van der Waals surface area contributed by atoms with Gasteiger partial charge in [-0.05, 0) is 24.0 Å². The van der Waals surface area contributed by atoms with Crippen LogP contribution in [0.2, 0.25) is 0 Å². The van der Waals surface area contributed by atoms with E-state index in [2.05, 4.69) is 6.58 Å². The van der Waals surface area contributed by atoms with Crippen LogP contribution in [0.4, 0.5) is 0 Å². The molecule has 42 heavy (non-hydrogen) atoms. The number of carbonyl (C=O) groups excluding carboxylic acids is 4. The van der Waals surface area contributed by atoms with Crippen molar-refractivity contribution in [3.8, 4) is 0 Å². The Morgan fingerprint density at radius 2 is 1.74 bits per heavy atom. The van der Waals surface area contributed by atoms with Crippen molar-refractivity contribution in [2.24, 2.45) is 22.2 Å². The SMILES string of the molecule is C=C1[C@@]23CC(=O)O[C@@H](c4ccoc4)[C@]2(C)C[C@H](OC(C)=O)[C@]1(O)[C@@]1(C)[C@H](C[C@@H](OC(C)=O)C(C)(C)[C@@H]1CC(=O)OC)O3. The van der Waals surface area contributed by atoms with Crippen LogP contribution in [0.1, 0.15) is 78.9 Å². The first-order valence-electron chi connectivity index (χ1n) is 14.2. The Kier molecular flexibility index (Phi) is 6.97. The molecule has 0 aromatic carbocycles. The summed E-state index contributed by atoms with van der Waals surface area (Å²) >= 11 is 0. The minimum atomic E-state index is -1.96. The molecule has 3 heterocycles. The van der Waals surface area contributed by atoms with Crippen LogP contribution < -0.4 is 0 Å². The highest BCUT2D eigenvalue weighted by atomic mass is 16.6. The van der Waals surface area contributed by atoms with Gasteiger partial charge in [-0.3, -0.25) is 19.2 Å². The highest BCUT2D eigenvalue weighted by molar-refractivity contribution is 5.75. The number of hydrogen-bond donors (Lipinski definition) is 1. The Labute approximate surface area is 244 Å². The van der Waals surface area contributed by atoms with Crippen molar-refractivity contribution in [2.45, 2.75) is 103 Å². The van der Waals surface area contributed by atoms with E-state index in [4.69, 9.17) is 28.1 Å². The molecule has 2 aliphatic carbocycles. The van der Waals surface area contributed by atoms with Gasteiger partial charge in [0.15, 0.2) is 0 Å². The van der Waals surface area contributed by atoms with Crippen LogP contribution >= 0.6 is 0 Å². The Hall–Kier alpha value is -3.18. The van der Waals surface area contributed by atoms with Gasteiger partial charge in [-0.1, -0.05) is 34.3 Å². The van der Waals surface area contributed by atoms with Gasteiger partial charge in [0.2, 0.25) is 0 Å². The summed E-state index contributed by atoms with van der Waals surface area (Å²) in [5.41, 5.74) is -5.92. The minimum Gasteiger partial charge on any atom is -0.472 e. The molecule has 4 aliphatic rings. The number of aliphatic hydroxyl groups is 1. The Bertz CT molecular complexity index is 1320. The van der Waals surface area contributed by atoms with Gasteiger partial charge in [0.05, 0.1) is 32.2 Å². The second kappa shape index (κ2) is 9.67. The van der Waals surface area contributed by atoms with Crippen molar-refractivity contribution in [1.29, 1.82) is 0 Å². The lowest BCUT2D eigenvalue weighted by molar-refractivity contribution is -0.366. The lowest BCUT2D eigenvalue weighted by Crippen LogP contribution is -2.82. The summed E-state index contributed by atoms with van der Waals surface area (Å²) in [4.78, 5) is 51.0. The van der Waals surface area contributed by atoms with E-state index in [-0.39, 0.29) is 31.3 Å². The smallest absolute Gasteiger partial charge is 0.309 e. The maximum absolute atomic E-state index is 13.3. The van der Waals surface area contributed by atoms with E-state index in [0.717, 1.165) is 0 Å². The number of ether oxygens (including phenoxy) is 5. The fraction of sp³-hybridized carbons (Fsp3) is 0.677. The second-order valence-electron chi connectivity index (χ2n) is 13.3. The Morgan fingerprint density at radius 1 is 1.10 bits per heavy atom. The third kappa shape index (κ3) is 3.85. The van der Waals surface area contributed by atoms with Crippen LogP contribution in [-0.4, -0.2) is 65.6 Å². The topological polar surface area (TPSA) is 148 Å². The summed E-state index contributed by atoms with van der Waals surface area (Å²) in [6, 6.07) is 1.69. The molecule has 9 atom stereocenters. The third-order valence-electron chi connectivity index (χ3n) is 10.9. The number of rotatable bonds is 5. The molecule has 1 aromatic heterocycles. The van der Waals surface area contributed by atoms with Gasteiger partial charge in [0, 0.05) is 48.5 Å². The van der Waals surface area contributed by atoms with E-state index in [1.54, 1.807) is 13.0 Å². The van der Waals surface area contributed by atoms with Gasteiger partial charge in [-0.2, -0.15) is 0 Å². The molecule has 0 amide bonds. The van der Waals surface area contributed by atoms with E-state index in [1.807, 2.05) is 20.8 Å². The van der Waals surface area contributed by atoms with Crippen molar-refractivity contribution in [1.82, 2.24) is 0 Å². The first kappa shape index (κ1) is 30.3. The van der Waals surface area contributed by atoms with Crippen LogP contribution in [0.3, 0.4) is 0 Å². The minimum absolute atomic E-state index is 0.0479. The monoisotopic (exact) mass is 588 g/mol. The maximum atomic E-state index is 13.3. The van der Waals surface area contributed by atoms with Crippen molar-refractivity contribution in [3.63, 3.8) is 0 Å². The Morgan fingerprint density at radius 3 is 2.31 bits per heavy atom. The Balaban J connectivity index is 1.77. The quantitative estimate of drug-likeness (QED) is 0.306. The average molecular weight is 589 g/mol. The summed E-state index contributed by atoms with van der Waals surface area (Å²) in [7, 11) is 1.28. The fourth-order valence-corrected chi connectivity index (χ4v) is 8.80. The first-order chi connectivity index (χ1) is 19.5. The molecule has 2 saturated carbocycles. The zero-order chi connectivity index (χ0) is 31.0. The molecule has 4 fully saturated rings. The van der Waals surface area contributed by atoms with Gasteiger partial charge in [0.1, 0.15) is 29.5 Å². The van der Waals surface area contributed by atoms with Gasteiger partial charge < -0.3 is 33.2 Å². The summed E-state index contributed by atoms with van der Waals surface area (Å²) < 4.78 is 35.1. The summed E-state index contributed by atoms with van der Waals surface area (Å²) in [5.74, 6) is -2.92. The van der Waals surface area contributed by atoms with Crippen LogP contribution in [-0.2, 0) is 42.9 Å². The van der Waals surface area contributed by atoms with E-state index in [0.29, 0.717) is 5.56 Å². The number of methoxy groups -OCH3 is 1. The zero-order valence-electron chi connectivity index (χ0n) is 25.2. The van der Waals surface area contributed by atoms with E-state index in [1.165, 1.54) is 33.5 Å². The molecular weight excluding hydrogens is 548 g/mol. The molecule has 1 aromatic rings. The fourth-order valence-electron chi connectivity index (χ4n) is 8.80. The van der Waals surface area contributed by atoms with Gasteiger partial charge in [-0.25, -0.2) is 0 Å². The number of furan rings is 1. The number of cyclic esters (lactones) is 1. The molecule has 2 saturated heterocycles. The normalized spacial score (nSPS) is 42.0. The molecule has 5 rings (SSSR count). The molecule has 0 radical (unpaired) electrons. The predicted molar refractivity (Wildman–Crippen MR) is 144 cm³/mol. The van der Waals surface area contributed by atoms with Crippen molar-refractivity contribution in [3.05, 3.63) is 36.3 Å². The van der Waals surface area contributed by atoms with Gasteiger partial charge in [-0.15, -0.1) is 0 Å². The van der Waals surface area contributed by atoms with Crippen LogP contribution in [0.15, 0.2) is 35.2 Å². The highest BCUT2D eigenvalue weighted by Gasteiger charge is 2.81. The molecule has 1 N–H and O–H groups in total. The lowest BCUT2D eigenvalue weighted by Gasteiger charge is -2.74. The summed E-state index contributed by atoms with van der Waals surface area (Å²) in [6.45, 7) is 14.4. The summed E-state index contributed by atoms with van der Waals surface area (Å²) in [5, 5.41) is 13.2. The van der Waals surface area contributed by atoms with Crippen LogP contribution in [0.25, 0.3) is 0 Å². The largest absolute Gasteiger partial charge is 0.472 e. The molecule has 11 nitrogen and oxygen atoms in total. The van der Waals surface area contributed by atoms with Crippen molar-refractivity contribution < 1.29 is 52.4 Å². The molecule has 230 valence electrons. The van der Waals surface area contributed by atoms with Gasteiger partial charge >= 0.3 is 23.9 Å². The average Bonchev–Trinajstić information content (AvgIpc) is 3.42. The second-order valence-corrected chi connectivity index (χ2v) is 13.3. The predicted octanol–water partition coefficient (Wildman–Crippen LogP) is 3.58. The summed E-state index contributed by atoms with van der Waals surface area (Å²) in [6.07, 6.45) is -0.868. The van der Waals surface area contributed by atoms with Crippen molar-refractivity contribution in [2.75, 3.05) is 7.11 Å². The molecule has 11 heteroatoms. The number of esters is 4. The molecule has 1 spiro atoms. The molecule has 0 unspecified atom stereocenters. The van der Waals surface area contributed by atoms with E-state index >= 15 is 0 Å². The lowest BCUT2D eigenvalue weighted by atomic mass is 9.39. The number of carbonyl (C=O) groups is 4. The van der Waals surface area contributed by atoms with E-state index in [9.17, 15) is 24.3 Å². The maximum Gasteiger partial charge on any atom is 0.309 e. The van der Waals surface area contributed by atoms with E-state index < -0.39 is 81.7 Å². The third-order valence-corrected chi connectivity index (χ3v) is 10.9.